The van der Waals surface area contributed by atoms with E-state index in [0.29, 0.717) is 11.3 Å². The molecule has 0 amide bonds. The summed E-state index contributed by atoms with van der Waals surface area (Å²) in [7, 11) is 1.33. The largest absolute Gasteiger partial charge is 0.464 e. The Morgan fingerprint density at radius 3 is 2.76 bits per heavy atom. The number of hydrogen-bond acceptors (Lipinski definition) is 4. The molecule has 1 heterocycles. The normalized spacial score (nSPS) is 19.4. The van der Waals surface area contributed by atoms with Crippen LogP contribution < -0.4 is 0 Å². The minimum atomic E-state index is -0.646. The van der Waals surface area contributed by atoms with Crippen molar-refractivity contribution in [3.8, 4) is 0 Å². The molecule has 0 fully saturated rings. The number of ketones is 1. The number of aromatic nitrogens is 2. The Morgan fingerprint density at radius 1 is 1.33 bits per heavy atom. The molecule has 0 radical (unpaired) electrons. The highest BCUT2D eigenvalue weighted by Gasteiger charge is 2.48. The summed E-state index contributed by atoms with van der Waals surface area (Å²) in [5.41, 5.74) is 1.32. The third-order valence-corrected chi connectivity index (χ3v) is 4.11. The quantitative estimate of drug-likeness (QED) is 0.795. The highest BCUT2D eigenvalue weighted by molar-refractivity contribution is 6.05. The van der Waals surface area contributed by atoms with E-state index >= 15 is 0 Å². The van der Waals surface area contributed by atoms with Gasteiger partial charge in [0, 0.05) is 5.56 Å². The first-order valence-corrected chi connectivity index (χ1v) is 6.72. The van der Waals surface area contributed by atoms with Crippen LogP contribution in [0.15, 0.2) is 36.8 Å². The van der Waals surface area contributed by atoms with Gasteiger partial charge in [0.1, 0.15) is 5.69 Å². The van der Waals surface area contributed by atoms with E-state index < -0.39 is 11.4 Å². The van der Waals surface area contributed by atoms with Gasteiger partial charge >= 0.3 is 5.97 Å². The molecular weight excluding hydrogens is 268 g/mol. The summed E-state index contributed by atoms with van der Waals surface area (Å²) in [4.78, 5) is 28.6. The topological polar surface area (TPSA) is 61.2 Å². The number of fused-ring (bicyclic) bond motifs is 1. The van der Waals surface area contributed by atoms with Gasteiger partial charge in [0.15, 0.2) is 5.78 Å². The van der Waals surface area contributed by atoms with Gasteiger partial charge in [-0.1, -0.05) is 38.1 Å². The monoisotopic (exact) mass is 284 g/mol. The lowest BCUT2D eigenvalue weighted by molar-refractivity contribution is 0.0579. The van der Waals surface area contributed by atoms with Crippen molar-refractivity contribution >= 4 is 11.8 Å². The zero-order chi connectivity index (χ0) is 15.2. The summed E-state index contributed by atoms with van der Waals surface area (Å²) in [5.74, 6) is -0.382. The molecule has 21 heavy (non-hydrogen) atoms. The van der Waals surface area contributed by atoms with Crippen molar-refractivity contribution in [2.45, 2.75) is 19.9 Å². The SMILES string of the molecule is COC(=O)c1cncn1C1c2ccccc2C(=O)C1(C)C. The molecule has 1 aliphatic rings. The number of carbonyl (C=O) groups is 2. The smallest absolute Gasteiger partial charge is 0.356 e. The molecule has 1 aromatic carbocycles. The van der Waals surface area contributed by atoms with E-state index in [1.165, 1.54) is 13.3 Å². The van der Waals surface area contributed by atoms with Crippen molar-refractivity contribution in [1.82, 2.24) is 9.55 Å². The standard InChI is InChI=1S/C16H16N2O3/c1-16(2)13(10-6-4-5-7-11(10)14(16)19)18-9-17-8-12(18)15(20)21-3/h4-9,13H,1-3H3. The van der Waals surface area contributed by atoms with Crippen LogP contribution in [0.2, 0.25) is 0 Å². The Balaban J connectivity index is 2.21. The molecule has 1 aliphatic carbocycles. The van der Waals surface area contributed by atoms with Crippen LogP contribution in [0.25, 0.3) is 0 Å². The number of rotatable bonds is 2. The summed E-state index contributed by atoms with van der Waals surface area (Å²) >= 11 is 0. The van der Waals surface area contributed by atoms with Gasteiger partial charge in [-0.25, -0.2) is 9.78 Å². The minimum absolute atomic E-state index is 0.0765. The number of imidazole rings is 1. The Bertz CT molecular complexity index is 731. The second kappa shape index (κ2) is 4.55. The first kappa shape index (κ1) is 13.5. The van der Waals surface area contributed by atoms with Gasteiger partial charge in [-0.2, -0.15) is 0 Å². The van der Waals surface area contributed by atoms with Crippen molar-refractivity contribution in [3.05, 3.63) is 53.6 Å². The molecule has 0 N–H and O–H groups in total. The number of ether oxygens (including phenoxy) is 1. The van der Waals surface area contributed by atoms with Crippen molar-refractivity contribution in [3.63, 3.8) is 0 Å². The van der Waals surface area contributed by atoms with Crippen LogP contribution in [-0.2, 0) is 4.74 Å². The Kier molecular flexibility index (Phi) is 2.93. The molecule has 1 unspecified atom stereocenters. The Hall–Kier alpha value is -2.43. The fourth-order valence-corrected chi connectivity index (χ4v) is 3.07. The molecule has 1 atom stereocenters. The Labute approximate surface area is 122 Å². The fourth-order valence-electron chi connectivity index (χ4n) is 3.07. The molecule has 0 saturated heterocycles. The van der Waals surface area contributed by atoms with Gasteiger partial charge in [-0.3, -0.25) is 4.79 Å². The minimum Gasteiger partial charge on any atom is -0.464 e. The van der Waals surface area contributed by atoms with Crippen LogP contribution in [0, 0.1) is 5.41 Å². The van der Waals surface area contributed by atoms with Crippen LogP contribution in [0.3, 0.4) is 0 Å². The summed E-state index contributed by atoms with van der Waals surface area (Å²) in [5, 5.41) is 0. The van der Waals surface area contributed by atoms with E-state index in [2.05, 4.69) is 4.98 Å². The van der Waals surface area contributed by atoms with Crippen LogP contribution in [0.5, 0.6) is 0 Å². The van der Waals surface area contributed by atoms with Crippen LogP contribution in [-0.4, -0.2) is 28.4 Å². The highest BCUT2D eigenvalue weighted by atomic mass is 16.5. The van der Waals surface area contributed by atoms with E-state index in [9.17, 15) is 9.59 Å². The van der Waals surface area contributed by atoms with Gasteiger partial charge in [0.05, 0.1) is 31.1 Å². The number of hydrogen-bond donors (Lipinski definition) is 0. The van der Waals surface area contributed by atoms with E-state index in [1.807, 2.05) is 38.1 Å². The summed E-state index contributed by atoms with van der Waals surface area (Å²) < 4.78 is 6.52. The van der Waals surface area contributed by atoms with Gasteiger partial charge < -0.3 is 9.30 Å². The Morgan fingerprint density at radius 2 is 2.05 bits per heavy atom. The van der Waals surface area contributed by atoms with Gasteiger partial charge in [-0.05, 0) is 5.56 Å². The number of benzene rings is 1. The molecule has 1 aromatic heterocycles. The zero-order valence-electron chi connectivity index (χ0n) is 12.2. The first-order valence-electron chi connectivity index (χ1n) is 6.72. The molecule has 108 valence electrons. The number of Topliss-reactive ketones (excluding diaryl/α,β-unsaturated/α-hetero) is 1. The molecule has 0 bridgehead atoms. The average Bonchev–Trinajstić information content (AvgIpc) is 3.01. The lowest BCUT2D eigenvalue weighted by atomic mass is 9.84. The summed E-state index contributed by atoms with van der Waals surface area (Å²) in [6.45, 7) is 3.78. The maximum absolute atomic E-state index is 12.6. The molecule has 2 aromatic rings. The fraction of sp³-hybridized carbons (Fsp3) is 0.312. The van der Waals surface area contributed by atoms with Crippen LogP contribution in [0.4, 0.5) is 0 Å². The lowest BCUT2D eigenvalue weighted by Gasteiger charge is -2.28. The molecule has 5 heteroatoms. The van der Waals surface area contributed by atoms with E-state index in [0.717, 1.165) is 5.56 Å². The second-order valence-corrected chi connectivity index (χ2v) is 5.72. The predicted octanol–water partition coefficient (Wildman–Crippen LogP) is 2.48. The number of carbonyl (C=O) groups excluding carboxylic acids is 2. The summed E-state index contributed by atoms with van der Waals surface area (Å²) in [6.07, 6.45) is 3.04. The maximum atomic E-state index is 12.6. The zero-order valence-corrected chi connectivity index (χ0v) is 12.2. The third-order valence-electron chi connectivity index (χ3n) is 4.11. The number of nitrogens with zero attached hydrogens (tertiary/aromatic N) is 2. The molecule has 0 aliphatic heterocycles. The van der Waals surface area contributed by atoms with Gasteiger partial charge in [0.25, 0.3) is 0 Å². The molecule has 0 spiro atoms. The van der Waals surface area contributed by atoms with Crippen molar-refractivity contribution in [2.75, 3.05) is 7.11 Å². The molecular formula is C16H16N2O3. The average molecular weight is 284 g/mol. The molecule has 5 nitrogen and oxygen atoms in total. The third kappa shape index (κ3) is 1.81. The highest BCUT2D eigenvalue weighted by Crippen LogP contribution is 2.47. The van der Waals surface area contributed by atoms with Gasteiger partial charge in [-0.15, -0.1) is 0 Å². The van der Waals surface area contributed by atoms with Crippen molar-refractivity contribution in [1.29, 1.82) is 0 Å². The van der Waals surface area contributed by atoms with E-state index in [1.54, 1.807) is 10.9 Å². The van der Waals surface area contributed by atoms with Crippen LogP contribution >= 0.6 is 0 Å². The predicted molar refractivity (Wildman–Crippen MR) is 76.3 cm³/mol. The van der Waals surface area contributed by atoms with Crippen molar-refractivity contribution < 1.29 is 14.3 Å². The number of methoxy groups -OCH3 is 1. The first-order chi connectivity index (χ1) is 9.98. The number of esters is 1. The van der Waals surface area contributed by atoms with Crippen LogP contribution in [0.1, 0.15) is 46.3 Å². The van der Waals surface area contributed by atoms with E-state index in [-0.39, 0.29) is 11.8 Å². The molecule has 0 saturated carbocycles. The second-order valence-electron chi connectivity index (χ2n) is 5.72. The lowest BCUT2D eigenvalue weighted by Crippen LogP contribution is -2.30. The maximum Gasteiger partial charge on any atom is 0.356 e. The summed E-state index contributed by atoms with van der Waals surface area (Å²) in [6, 6.07) is 7.24. The van der Waals surface area contributed by atoms with Crippen molar-refractivity contribution in [2.24, 2.45) is 5.41 Å². The van der Waals surface area contributed by atoms with Gasteiger partial charge in [0.2, 0.25) is 0 Å². The van der Waals surface area contributed by atoms with E-state index in [4.69, 9.17) is 4.74 Å². The molecule has 3 rings (SSSR count).